The van der Waals surface area contributed by atoms with Crippen molar-refractivity contribution in [2.45, 2.75) is 31.8 Å². The minimum absolute atomic E-state index is 0.00813. The minimum atomic E-state index is -1.28. The third kappa shape index (κ3) is 7.33. The molecule has 0 aromatic heterocycles. The lowest BCUT2D eigenvalue weighted by atomic mass is 9.99. The van der Waals surface area contributed by atoms with E-state index in [2.05, 4.69) is 10.6 Å². The molecule has 0 unspecified atom stereocenters. The quantitative estimate of drug-likeness (QED) is 0.390. The summed E-state index contributed by atoms with van der Waals surface area (Å²) in [7, 11) is 0. The molecule has 8 heteroatoms. The van der Waals surface area contributed by atoms with Crippen molar-refractivity contribution >= 4 is 23.6 Å². The summed E-state index contributed by atoms with van der Waals surface area (Å²) in [5.74, 6) is -3.08. The molecule has 0 aliphatic heterocycles. The van der Waals surface area contributed by atoms with Gasteiger partial charge in [0.05, 0.1) is 0 Å². The second-order valence-electron chi connectivity index (χ2n) is 8.08. The van der Waals surface area contributed by atoms with Crippen LogP contribution in [-0.2, 0) is 27.2 Å². The van der Waals surface area contributed by atoms with Crippen molar-refractivity contribution in [2.24, 2.45) is 0 Å². The molecule has 2 amide bonds. The molecule has 3 aromatic rings. The van der Waals surface area contributed by atoms with Crippen LogP contribution in [0.2, 0.25) is 0 Å². The molecule has 180 valence electrons. The number of aliphatic carboxylic acids is 1. The van der Waals surface area contributed by atoms with Crippen LogP contribution in [-0.4, -0.2) is 40.8 Å². The van der Waals surface area contributed by atoms with E-state index >= 15 is 0 Å². The number of rotatable bonds is 10. The van der Waals surface area contributed by atoms with Crippen LogP contribution in [0.5, 0.6) is 0 Å². The maximum absolute atomic E-state index is 13.5. The van der Waals surface area contributed by atoms with E-state index in [0.29, 0.717) is 22.3 Å². The van der Waals surface area contributed by atoms with E-state index in [0.717, 1.165) is 0 Å². The number of amides is 2. The van der Waals surface area contributed by atoms with Crippen LogP contribution in [0, 0.1) is 5.82 Å². The van der Waals surface area contributed by atoms with Crippen LogP contribution >= 0.6 is 0 Å². The predicted octanol–water partition coefficient (Wildman–Crippen LogP) is 2.92. The highest BCUT2D eigenvalue weighted by atomic mass is 19.1. The van der Waals surface area contributed by atoms with Gasteiger partial charge >= 0.3 is 5.97 Å². The van der Waals surface area contributed by atoms with E-state index in [4.69, 9.17) is 0 Å². The van der Waals surface area contributed by atoms with E-state index in [9.17, 15) is 28.7 Å². The highest BCUT2D eigenvalue weighted by Crippen LogP contribution is 2.13. The lowest BCUT2D eigenvalue weighted by Gasteiger charge is -2.21. The van der Waals surface area contributed by atoms with Gasteiger partial charge in [0, 0.05) is 30.9 Å². The van der Waals surface area contributed by atoms with Gasteiger partial charge in [-0.2, -0.15) is 0 Å². The van der Waals surface area contributed by atoms with Gasteiger partial charge in [-0.15, -0.1) is 0 Å². The Balaban J connectivity index is 1.70. The molecule has 0 saturated heterocycles. The Morgan fingerprint density at radius 2 is 1.40 bits per heavy atom. The monoisotopic (exact) mass is 476 g/mol. The summed E-state index contributed by atoms with van der Waals surface area (Å²) in [6.07, 6.45) is -0.0422. The van der Waals surface area contributed by atoms with Crippen LogP contribution in [0.4, 0.5) is 4.39 Å². The summed E-state index contributed by atoms with van der Waals surface area (Å²) in [6, 6.07) is 18.5. The summed E-state index contributed by atoms with van der Waals surface area (Å²) in [6.45, 7) is 1.23. The Morgan fingerprint density at radius 3 is 2.00 bits per heavy atom. The first-order valence-corrected chi connectivity index (χ1v) is 11.0. The van der Waals surface area contributed by atoms with E-state index < -0.39 is 35.7 Å². The second kappa shape index (κ2) is 11.7. The number of hydrogen-bond donors (Lipinski definition) is 3. The zero-order valence-electron chi connectivity index (χ0n) is 19.0. The lowest BCUT2D eigenvalue weighted by Crippen LogP contribution is -2.52. The summed E-state index contributed by atoms with van der Waals surface area (Å²) in [5, 5.41) is 14.6. The largest absolute Gasteiger partial charge is 0.480 e. The Bertz CT molecular complexity index is 1210. The third-order valence-electron chi connectivity index (χ3n) is 5.33. The number of carbonyl (C=O) groups is 4. The van der Waals surface area contributed by atoms with Gasteiger partial charge in [-0.3, -0.25) is 14.4 Å². The molecule has 0 aliphatic rings. The number of carboxylic acid groups (broad SMARTS) is 1. The van der Waals surface area contributed by atoms with Crippen LogP contribution in [0.15, 0.2) is 78.9 Å². The molecule has 7 nitrogen and oxygen atoms in total. The number of carbonyl (C=O) groups excluding carboxylic acids is 3. The van der Waals surface area contributed by atoms with E-state index in [1.807, 2.05) is 6.07 Å². The molecule has 3 aromatic carbocycles. The Hall–Kier alpha value is -4.33. The van der Waals surface area contributed by atoms with Gasteiger partial charge in [0.15, 0.2) is 5.78 Å². The van der Waals surface area contributed by atoms with Gasteiger partial charge in [0.25, 0.3) is 0 Å². The molecule has 0 spiro atoms. The average molecular weight is 477 g/mol. The SMILES string of the molecule is CC(=O)N[C@H](Cc1cccc(F)c1)C(=O)N[C@@H](Cc1ccc(C(=O)c2ccccc2)cc1)C(=O)O. The van der Waals surface area contributed by atoms with Crippen molar-refractivity contribution in [2.75, 3.05) is 0 Å². The topological polar surface area (TPSA) is 113 Å². The highest BCUT2D eigenvalue weighted by molar-refractivity contribution is 6.08. The molecular weight excluding hydrogens is 451 g/mol. The third-order valence-corrected chi connectivity index (χ3v) is 5.33. The number of halogens is 1. The molecule has 0 heterocycles. The highest BCUT2D eigenvalue weighted by Gasteiger charge is 2.26. The normalized spacial score (nSPS) is 12.3. The Labute approximate surface area is 202 Å². The van der Waals surface area contributed by atoms with Gasteiger partial charge < -0.3 is 15.7 Å². The molecule has 3 rings (SSSR count). The fourth-order valence-electron chi connectivity index (χ4n) is 3.61. The molecule has 0 aliphatic carbocycles. The lowest BCUT2D eigenvalue weighted by molar-refractivity contribution is -0.142. The smallest absolute Gasteiger partial charge is 0.326 e. The number of nitrogens with one attached hydrogen (secondary N) is 2. The zero-order valence-corrected chi connectivity index (χ0v) is 19.0. The number of ketones is 1. The number of carboxylic acids is 1. The van der Waals surface area contributed by atoms with E-state index in [-0.39, 0.29) is 18.6 Å². The minimum Gasteiger partial charge on any atom is -0.480 e. The summed E-state index contributed by atoms with van der Waals surface area (Å²) in [5.41, 5.74) is 2.07. The molecule has 0 saturated carbocycles. The zero-order chi connectivity index (χ0) is 25.4. The van der Waals surface area contributed by atoms with Crippen molar-refractivity contribution in [3.8, 4) is 0 Å². The molecule has 0 fully saturated rings. The Morgan fingerprint density at radius 1 is 0.771 bits per heavy atom. The van der Waals surface area contributed by atoms with Gasteiger partial charge in [0.1, 0.15) is 17.9 Å². The van der Waals surface area contributed by atoms with Crippen molar-refractivity contribution in [1.29, 1.82) is 0 Å². The first kappa shape index (κ1) is 25.3. The van der Waals surface area contributed by atoms with E-state index in [1.54, 1.807) is 54.6 Å². The molecule has 3 N–H and O–H groups in total. The number of benzene rings is 3. The first-order chi connectivity index (χ1) is 16.7. The fourth-order valence-corrected chi connectivity index (χ4v) is 3.61. The molecule has 0 bridgehead atoms. The maximum atomic E-state index is 13.5. The second-order valence-corrected chi connectivity index (χ2v) is 8.08. The predicted molar refractivity (Wildman–Crippen MR) is 127 cm³/mol. The van der Waals surface area contributed by atoms with Crippen LogP contribution in [0.3, 0.4) is 0 Å². The molecule has 2 atom stereocenters. The fraction of sp³-hybridized carbons (Fsp3) is 0.185. The summed E-state index contributed by atoms with van der Waals surface area (Å²) in [4.78, 5) is 48.9. The first-order valence-electron chi connectivity index (χ1n) is 11.0. The standard InChI is InChI=1S/C27H25FN2O5/c1-17(31)29-23(16-19-6-5-9-22(28)14-19)26(33)30-24(27(34)35)15-18-10-12-21(13-11-18)25(32)20-7-3-2-4-8-20/h2-14,23-24H,15-16H2,1H3,(H,29,31)(H,30,33)(H,34,35)/t23-,24+/m1/s1. The van der Waals surface area contributed by atoms with Gasteiger partial charge in [-0.25, -0.2) is 9.18 Å². The summed E-state index contributed by atoms with van der Waals surface area (Å²) < 4.78 is 13.5. The van der Waals surface area contributed by atoms with E-state index in [1.165, 1.54) is 25.1 Å². The van der Waals surface area contributed by atoms with Gasteiger partial charge in [0.2, 0.25) is 11.8 Å². The van der Waals surface area contributed by atoms with Crippen LogP contribution in [0.25, 0.3) is 0 Å². The van der Waals surface area contributed by atoms with Gasteiger partial charge in [-0.1, -0.05) is 66.7 Å². The average Bonchev–Trinajstić information content (AvgIpc) is 2.83. The van der Waals surface area contributed by atoms with Gasteiger partial charge in [-0.05, 0) is 23.3 Å². The molecule has 0 radical (unpaired) electrons. The molecular formula is C27H25FN2O5. The summed E-state index contributed by atoms with van der Waals surface area (Å²) >= 11 is 0. The van der Waals surface area contributed by atoms with Crippen molar-refractivity contribution in [1.82, 2.24) is 10.6 Å². The van der Waals surface area contributed by atoms with Crippen LogP contribution in [0.1, 0.15) is 34.0 Å². The van der Waals surface area contributed by atoms with Crippen LogP contribution < -0.4 is 10.6 Å². The maximum Gasteiger partial charge on any atom is 0.326 e. The number of hydrogen-bond acceptors (Lipinski definition) is 4. The molecule has 35 heavy (non-hydrogen) atoms. The Kier molecular flexibility index (Phi) is 8.45. The van der Waals surface area contributed by atoms with Crippen molar-refractivity contribution in [3.63, 3.8) is 0 Å². The van der Waals surface area contributed by atoms with Crippen molar-refractivity contribution in [3.05, 3.63) is 107 Å². The van der Waals surface area contributed by atoms with Crippen molar-refractivity contribution < 1.29 is 28.7 Å².